The van der Waals surface area contributed by atoms with Crippen LogP contribution in [0.3, 0.4) is 0 Å². The molecule has 1 aliphatic heterocycles. The molecule has 0 aromatic heterocycles. The topological polar surface area (TPSA) is 63.4 Å². The van der Waals surface area contributed by atoms with Crippen LogP contribution >= 0.6 is 15.9 Å². The summed E-state index contributed by atoms with van der Waals surface area (Å²) in [5.41, 5.74) is 6.17. The van der Waals surface area contributed by atoms with Crippen LogP contribution in [0, 0.1) is 11.8 Å². The second kappa shape index (κ2) is 6.03. The van der Waals surface area contributed by atoms with Crippen molar-refractivity contribution in [2.45, 2.75) is 31.6 Å². The lowest BCUT2D eigenvalue weighted by Crippen LogP contribution is -2.39. The molecule has 0 spiro atoms. The van der Waals surface area contributed by atoms with Gasteiger partial charge in [-0.1, -0.05) is 13.8 Å². The average molecular weight is 361 g/mol. The first-order valence-electron chi connectivity index (χ1n) is 6.87. The quantitative estimate of drug-likeness (QED) is 0.842. The van der Waals surface area contributed by atoms with Gasteiger partial charge in [-0.25, -0.2) is 8.42 Å². The zero-order chi connectivity index (χ0) is 14.9. The van der Waals surface area contributed by atoms with Gasteiger partial charge in [0.25, 0.3) is 0 Å². The second-order valence-corrected chi connectivity index (χ2v) is 8.44. The summed E-state index contributed by atoms with van der Waals surface area (Å²) < 4.78 is 27.5. The van der Waals surface area contributed by atoms with E-state index < -0.39 is 10.0 Å². The minimum absolute atomic E-state index is 0.264. The van der Waals surface area contributed by atoms with Gasteiger partial charge in [0.05, 0.1) is 4.90 Å². The fourth-order valence-electron chi connectivity index (χ4n) is 2.64. The lowest BCUT2D eigenvalue weighted by molar-refractivity contribution is 0.226. The van der Waals surface area contributed by atoms with Crippen LogP contribution in [-0.2, 0) is 10.0 Å². The van der Waals surface area contributed by atoms with Crippen LogP contribution in [0.15, 0.2) is 27.6 Å². The van der Waals surface area contributed by atoms with Crippen molar-refractivity contribution in [1.82, 2.24) is 4.31 Å². The maximum atomic E-state index is 12.7. The van der Waals surface area contributed by atoms with E-state index in [9.17, 15) is 8.42 Å². The molecule has 0 atom stereocenters. The molecule has 1 aliphatic rings. The van der Waals surface area contributed by atoms with Crippen molar-refractivity contribution in [1.29, 1.82) is 0 Å². The van der Waals surface area contributed by atoms with Gasteiger partial charge in [0.2, 0.25) is 10.0 Å². The molecule has 1 aromatic carbocycles. The third-order valence-electron chi connectivity index (χ3n) is 4.01. The molecule has 2 rings (SSSR count). The van der Waals surface area contributed by atoms with Crippen LogP contribution in [0.4, 0.5) is 5.69 Å². The number of piperidine rings is 1. The molecule has 0 saturated carbocycles. The molecule has 4 nitrogen and oxygen atoms in total. The van der Waals surface area contributed by atoms with E-state index >= 15 is 0 Å². The lowest BCUT2D eigenvalue weighted by Gasteiger charge is -2.33. The van der Waals surface area contributed by atoms with Crippen molar-refractivity contribution in [2.24, 2.45) is 11.8 Å². The minimum Gasteiger partial charge on any atom is -0.399 e. The molecule has 0 amide bonds. The molecule has 20 heavy (non-hydrogen) atoms. The molecule has 2 N–H and O–H groups in total. The first-order chi connectivity index (χ1) is 9.32. The number of nitrogens with zero attached hydrogens (tertiary/aromatic N) is 1. The highest BCUT2D eigenvalue weighted by Crippen LogP contribution is 2.31. The van der Waals surface area contributed by atoms with Crippen LogP contribution in [0.25, 0.3) is 0 Å². The lowest BCUT2D eigenvalue weighted by atomic mass is 9.87. The van der Waals surface area contributed by atoms with Crippen molar-refractivity contribution in [2.75, 3.05) is 18.8 Å². The van der Waals surface area contributed by atoms with Gasteiger partial charge in [0.1, 0.15) is 0 Å². The molecule has 1 aromatic rings. The second-order valence-electron chi connectivity index (χ2n) is 5.68. The SMILES string of the molecule is CC(C)C1CCN(S(=O)(=O)c2cc(N)ccc2Br)CC1. The summed E-state index contributed by atoms with van der Waals surface area (Å²) in [4.78, 5) is 0.264. The maximum Gasteiger partial charge on any atom is 0.244 e. The fourth-order valence-corrected chi connectivity index (χ4v) is 5.07. The van der Waals surface area contributed by atoms with E-state index in [1.807, 2.05) is 0 Å². The van der Waals surface area contributed by atoms with E-state index in [0.29, 0.717) is 35.1 Å². The average Bonchev–Trinajstić information content (AvgIpc) is 2.41. The number of nitrogen functional groups attached to an aromatic ring is 1. The highest BCUT2D eigenvalue weighted by atomic mass is 79.9. The summed E-state index contributed by atoms with van der Waals surface area (Å²) >= 11 is 3.31. The van der Waals surface area contributed by atoms with E-state index in [4.69, 9.17) is 5.73 Å². The number of halogens is 1. The van der Waals surface area contributed by atoms with Crippen molar-refractivity contribution in [3.63, 3.8) is 0 Å². The van der Waals surface area contributed by atoms with E-state index in [0.717, 1.165) is 12.8 Å². The Labute approximate surface area is 129 Å². The number of benzene rings is 1. The Balaban J connectivity index is 2.22. The van der Waals surface area contributed by atoms with E-state index in [-0.39, 0.29) is 4.90 Å². The third kappa shape index (κ3) is 3.18. The third-order valence-corrected chi connectivity index (χ3v) is 6.91. The van der Waals surface area contributed by atoms with Crippen LogP contribution in [-0.4, -0.2) is 25.8 Å². The highest BCUT2D eigenvalue weighted by molar-refractivity contribution is 9.10. The molecule has 1 saturated heterocycles. The number of sulfonamides is 1. The zero-order valence-electron chi connectivity index (χ0n) is 11.8. The van der Waals surface area contributed by atoms with Crippen LogP contribution in [0.1, 0.15) is 26.7 Å². The number of rotatable bonds is 3. The number of hydrogen-bond acceptors (Lipinski definition) is 3. The normalized spacial score (nSPS) is 18.6. The van der Waals surface area contributed by atoms with Gasteiger partial charge in [0.15, 0.2) is 0 Å². The summed E-state index contributed by atoms with van der Waals surface area (Å²) in [6.07, 6.45) is 1.85. The first kappa shape index (κ1) is 15.8. The predicted molar refractivity (Wildman–Crippen MR) is 84.9 cm³/mol. The molecule has 112 valence electrons. The largest absolute Gasteiger partial charge is 0.399 e. The van der Waals surface area contributed by atoms with Crippen LogP contribution in [0.2, 0.25) is 0 Å². The monoisotopic (exact) mass is 360 g/mol. The Morgan fingerprint density at radius 2 is 1.90 bits per heavy atom. The van der Waals surface area contributed by atoms with Gasteiger partial charge >= 0.3 is 0 Å². The Bertz CT molecular complexity index is 579. The molecular weight excluding hydrogens is 340 g/mol. The number of anilines is 1. The van der Waals surface area contributed by atoms with Crippen molar-refractivity contribution in [3.8, 4) is 0 Å². The van der Waals surface area contributed by atoms with Gasteiger partial charge in [0, 0.05) is 23.2 Å². The Morgan fingerprint density at radius 3 is 2.45 bits per heavy atom. The van der Waals surface area contributed by atoms with Gasteiger partial charge in [-0.2, -0.15) is 4.31 Å². The molecule has 1 heterocycles. The van der Waals surface area contributed by atoms with Crippen LogP contribution < -0.4 is 5.73 Å². The smallest absolute Gasteiger partial charge is 0.244 e. The predicted octanol–water partition coefficient (Wildman–Crippen LogP) is 3.09. The van der Waals surface area contributed by atoms with Gasteiger partial charge < -0.3 is 5.73 Å². The fraction of sp³-hybridized carbons (Fsp3) is 0.571. The molecule has 0 radical (unpaired) electrons. The summed E-state index contributed by atoms with van der Waals surface area (Å²) in [5.74, 6) is 1.23. The summed E-state index contributed by atoms with van der Waals surface area (Å²) in [5, 5.41) is 0. The molecule has 0 unspecified atom stereocenters. The minimum atomic E-state index is -3.46. The summed E-state index contributed by atoms with van der Waals surface area (Å²) in [6, 6.07) is 4.89. The highest BCUT2D eigenvalue weighted by Gasteiger charge is 2.31. The van der Waals surface area contributed by atoms with Gasteiger partial charge in [-0.3, -0.25) is 0 Å². The molecule has 1 fully saturated rings. The molecule has 6 heteroatoms. The zero-order valence-corrected chi connectivity index (χ0v) is 14.2. The first-order valence-corrected chi connectivity index (χ1v) is 9.11. The van der Waals surface area contributed by atoms with Crippen molar-refractivity contribution < 1.29 is 8.42 Å². The molecule has 0 bridgehead atoms. The Hall–Kier alpha value is -0.590. The van der Waals surface area contributed by atoms with E-state index in [1.54, 1.807) is 16.4 Å². The van der Waals surface area contributed by atoms with Crippen molar-refractivity contribution in [3.05, 3.63) is 22.7 Å². The summed E-state index contributed by atoms with van der Waals surface area (Å²) in [7, 11) is -3.46. The van der Waals surface area contributed by atoms with Crippen molar-refractivity contribution >= 4 is 31.6 Å². The van der Waals surface area contributed by atoms with Gasteiger partial charge in [-0.15, -0.1) is 0 Å². The standard InChI is InChI=1S/C14H21BrN2O2S/c1-10(2)11-5-7-17(8-6-11)20(18,19)14-9-12(16)3-4-13(14)15/h3-4,9-11H,5-8,16H2,1-2H3. The maximum absolute atomic E-state index is 12.7. The molecule has 0 aliphatic carbocycles. The van der Waals surface area contributed by atoms with E-state index in [1.165, 1.54) is 6.07 Å². The van der Waals surface area contributed by atoms with E-state index in [2.05, 4.69) is 29.8 Å². The Kier molecular flexibility index (Phi) is 4.76. The summed E-state index contributed by atoms with van der Waals surface area (Å²) in [6.45, 7) is 5.57. The molecular formula is C14H21BrN2O2S. The Morgan fingerprint density at radius 1 is 1.30 bits per heavy atom. The van der Waals surface area contributed by atoms with Crippen LogP contribution in [0.5, 0.6) is 0 Å². The number of hydrogen-bond donors (Lipinski definition) is 1. The van der Waals surface area contributed by atoms with Gasteiger partial charge in [-0.05, 0) is 58.8 Å². The number of nitrogens with two attached hydrogens (primary N) is 1.